The standard InChI is InChI=1S/C20H25NO3SSi/c1-15-17-12-8-9-13-18(17)21(20(15)19(22)14-26(2,3)4)25(23,24)16-10-6-5-7-11-16/h5-13,19,22H,14H2,1-4H3. The van der Waals surface area contributed by atoms with Gasteiger partial charge in [0.25, 0.3) is 10.0 Å². The predicted octanol–water partition coefficient (Wildman–Crippen LogP) is 4.56. The molecule has 0 aliphatic rings. The van der Waals surface area contributed by atoms with Gasteiger partial charge in [-0.2, -0.15) is 0 Å². The summed E-state index contributed by atoms with van der Waals surface area (Å²) in [6.45, 7) is 8.40. The molecule has 0 saturated heterocycles. The van der Waals surface area contributed by atoms with Crippen molar-refractivity contribution < 1.29 is 13.5 Å². The summed E-state index contributed by atoms with van der Waals surface area (Å²) in [6.07, 6.45) is -0.812. The van der Waals surface area contributed by atoms with E-state index >= 15 is 0 Å². The van der Waals surface area contributed by atoms with Crippen LogP contribution in [0.3, 0.4) is 0 Å². The van der Waals surface area contributed by atoms with Crippen molar-refractivity contribution in [3.8, 4) is 0 Å². The Kier molecular flexibility index (Phi) is 4.85. The van der Waals surface area contributed by atoms with Crippen LogP contribution in [0, 0.1) is 6.92 Å². The summed E-state index contributed by atoms with van der Waals surface area (Å²) in [5.41, 5.74) is 1.92. The molecule has 1 aromatic heterocycles. The average Bonchev–Trinajstić information content (AvgIpc) is 2.88. The van der Waals surface area contributed by atoms with Crippen molar-refractivity contribution in [1.29, 1.82) is 0 Å². The lowest BCUT2D eigenvalue weighted by molar-refractivity contribution is 0.191. The highest BCUT2D eigenvalue weighted by molar-refractivity contribution is 7.90. The second-order valence-corrected chi connectivity index (χ2v) is 15.2. The number of rotatable bonds is 5. The minimum Gasteiger partial charge on any atom is -0.387 e. The van der Waals surface area contributed by atoms with Crippen LogP contribution in [0.4, 0.5) is 0 Å². The average molecular weight is 388 g/mol. The maximum atomic E-state index is 13.4. The second-order valence-electron chi connectivity index (χ2n) is 7.89. The summed E-state index contributed by atoms with van der Waals surface area (Å²) in [6, 6.07) is 16.4. The number of benzene rings is 2. The second kappa shape index (κ2) is 6.68. The van der Waals surface area contributed by atoms with Gasteiger partial charge >= 0.3 is 0 Å². The molecule has 0 bridgehead atoms. The predicted molar refractivity (Wildman–Crippen MR) is 109 cm³/mol. The molecule has 1 atom stereocenters. The third-order valence-electron chi connectivity index (χ3n) is 4.53. The molecule has 1 unspecified atom stereocenters. The molecule has 26 heavy (non-hydrogen) atoms. The number of hydrogen-bond acceptors (Lipinski definition) is 3. The molecule has 3 rings (SSSR count). The van der Waals surface area contributed by atoms with Crippen LogP contribution in [0.15, 0.2) is 59.5 Å². The van der Waals surface area contributed by atoms with E-state index in [1.807, 2.05) is 25.1 Å². The molecule has 0 spiro atoms. The lowest BCUT2D eigenvalue weighted by Crippen LogP contribution is -2.26. The smallest absolute Gasteiger partial charge is 0.268 e. The van der Waals surface area contributed by atoms with Crippen molar-refractivity contribution in [2.45, 2.75) is 43.6 Å². The molecule has 2 aromatic carbocycles. The summed E-state index contributed by atoms with van der Waals surface area (Å²) >= 11 is 0. The van der Waals surface area contributed by atoms with E-state index < -0.39 is 24.2 Å². The van der Waals surface area contributed by atoms with Gasteiger partial charge < -0.3 is 5.11 Å². The largest absolute Gasteiger partial charge is 0.387 e. The Morgan fingerprint density at radius 3 is 2.19 bits per heavy atom. The van der Waals surface area contributed by atoms with Gasteiger partial charge in [0.1, 0.15) is 0 Å². The molecule has 1 heterocycles. The van der Waals surface area contributed by atoms with Crippen molar-refractivity contribution in [1.82, 2.24) is 3.97 Å². The lowest BCUT2D eigenvalue weighted by atomic mass is 10.1. The number of fused-ring (bicyclic) bond motifs is 1. The number of aryl methyl sites for hydroxylation is 1. The number of aliphatic hydroxyl groups excluding tert-OH is 1. The van der Waals surface area contributed by atoms with Crippen molar-refractivity contribution in [2.24, 2.45) is 0 Å². The number of para-hydroxylation sites is 1. The summed E-state index contributed by atoms with van der Waals surface area (Å²) in [7, 11) is -5.40. The molecule has 1 N–H and O–H groups in total. The first kappa shape index (κ1) is 18.9. The van der Waals surface area contributed by atoms with E-state index in [1.54, 1.807) is 36.4 Å². The zero-order valence-electron chi connectivity index (χ0n) is 15.6. The molecule has 0 saturated carbocycles. The van der Waals surface area contributed by atoms with Crippen molar-refractivity contribution in [3.05, 3.63) is 65.9 Å². The van der Waals surface area contributed by atoms with Gasteiger partial charge in [0.2, 0.25) is 0 Å². The van der Waals surface area contributed by atoms with Gasteiger partial charge in [0.05, 0.1) is 22.2 Å². The molecular weight excluding hydrogens is 362 g/mol. The number of nitrogens with zero attached hydrogens (tertiary/aromatic N) is 1. The van der Waals surface area contributed by atoms with Crippen LogP contribution < -0.4 is 0 Å². The molecule has 3 aromatic rings. The quantitative estimate of drug-likeness (QED) is 0.653. The lowest BCUT2D eigenvalue weighted by Gasteiger charge is -2.23. The topological polar surface area (TPSA) is 59.3 Å². The maximum absolute atomic E-state index is 13.4. The third-order valence-corrected chi connectivity index (χ3v) is 7.89. The number of aromatic nitrogens is 1. The highest BCUT2D eigenvalue weighted by atomic mass is 32.2. The van der Waals surface area contributed by atoms with Crippen LogP contribution in [0.5, 0.6) is 0 Å². The van der Waals surface area contributed by atoms with Gasteiger partial charge in [-0.05, 0) is 36.7 Å². The number of hydrogen-bond donors (Lipinski definition) is 1. The fourth-order valence-electron chi connectivity index (χ4n) is 3.41. The first-order valence-corrected chi connectivity index (χ1v) is 13.9. The highest BCUT2D eigenvalue weighted by Crippen LogP contribution is 2.36. The van der Waals surface area contributed by atoms with Crippen molar-refractivity contribution >= 4 is 29.0 Å². The van der Waals surface area contributed by atoms with E-state index in [2.05, 4.69) is 19.6 Å². The van der Waals surface area contributed by atoms with Gasteiger partial charge in [-0.25, -0.2) is 12.4 Å². The van der Waals surface area contributed by atoms with E-state index in [-0.39, 0.29) is 4.90 Å². The molecule has 0 aliphatic carbocycles. The third kappa shape index (κ3) is 3.36. The SMILES string of the molecule is Cc1c(C(O)C[Si](C)(C)C)n(S(=O)(=O)c2ccccc2)c2ccccc12. The zero-order valence-corrected chi connectivity index (χ0v) is 17.4. The van der Waals surface area contributed by atoms with Crippen LogP contribution in [0.2, 0.25) is 25.7 Å². The van der Waals surface area contributed by atoms with Crippen LogP contribution in [-0.4, -0.2) is 25.6 Å². The number of aliphatic hydroxyl groups is 1. The molecule has 138 valence electrons. The van der Waals surface area contributed by atoms with Gasteiger partial charge in [-0.15, -0.1) is 0 Å². The molecule has 0 radical (unpaired) electrons. The first-order valence-electron chi connectivity index (χ1n) is 8.71. The Bertz CT molecular complexity index is 1030. The van der Waals surface area contributed by atoms with E-state index in [0.717, 1.165) is 10.9 Å². The molecule has 6 heteroatoms. The van der Waals surface area contributed by atoms with Crippen LogP contribution in [0.25, 0.3) is 10.9 Å². The fraction of sp³-hybridized carbons (Fsp3) is 0.300. The van der Waals surface area contributed by atoms with Crippen LogP contribution in [-0.2, 0) is 10.0 Å². The van der Waals surface area contributed by atoms with Crippen LogP contribution >= 0.6 is 0 Å². The van der Waals surface area contributed by atoms with Crippen molar-refractivity contribution in [3.63, 3.8) is 0 Å². The highest BCUT2D eigenvalue weighted by Gasteiger charge is 2.31. The summed E-state index contributed by atoms with van der Waals surface area (Å²) in [5.74, 6) is 0. The minimum absolute atomic E-state index is 0.224. The molecule has 0 aliphatic heterocycles. The van der Waals surface area contributed by atoms with Crippen molar-refractivity contribution in [2.75, 3.05) is 0 Å². The Morgan fingerprint density at radius 1 is 1.00 bits per heavy atom. The zero-order chi connectivity index (χ0) is 19.1. The van der Waals surface area contributed by atoms with Gasteiger partial charge in [0, 0.05) is 13.5 Å². The van der Waals surface area contributed by atoms with E-state index in [4.69, 9.17) is 0 Å². The van der Waals surface area contributed by atoms with E-state index in [9.17, 15) is 13.5 Å². The first-order chi connectivity index (χ1) is 12.1. The molecular formula is C20H25NO3SSi. The minimum atomic E-state index is -3.80. The van der Waals surface area contributed by atoms with Gasteiger partial charge in [0.15, 0.2) is 0 Å². The molecule has 4 nitrogen and oxygen atoms in total. The van der Waals surface area contributed by atoms with Gasteiger partial charge in [-0.1, -0.05) is 56.0 Å². The maximum Gasteiger partial charge on any atom is 0.268 e. The monoisotopic (exact) mass is 387 g/mol. The Hall–Kier alpha value is -1.89. The van der Waals surface area contributed by atoms with Crippen LogP contribution in [0.1, 0.15) is 17.4 Å². The Labute approximate surface area is 156 Å². The summed E-state index contributed by atoms with van der Waals surface area (Å²) < 4.78 is 28.2. The fourth-order valence-corrected chi connectivity index (χ4v) is 6.41. The normalized spacial score (nSPS) is 13.9. The van der Waals surface area contributed by atoms with E-state index in [0.29, 0.717) is 17.3 Å². The Balaban J connectivity index is 2.32. The Morgan fingerprint density at radius 2 is 1.58 bits per heavy atom. The molecule has 0 amide bonds. The summed E-state index contributed by atoms with van der Waals surface area (Å²) in [5, 5.41) is 11.8. The van der Waals surface area contributed by atoms with E-state index in [1.165, 1.54) is 3.97 Å². The molecule has 0 fully saturated rings. The van der Waals surface area contributed by atoms with Gasteiger partial charge in [-0.3, -0.25) is 0 Å². The summed E-state index contributed by atoms with van der Waals surface area (Å²) in [4.78, 5) is 0.224.